The zero-order valence-electron chi connectivity index (χ0n) is 15.6. The number of carbonyl (C=O) groups excluding carboxylic acids is 1. The molecule has 4 rings (SSSR count). The van der Waals surface area contributed by atoms with Gasteiger partial charge < -0.3 is 10.1 Å². The van der Waals surface area contributed by atoms with Crippen molar-refractivity contribution in [3.63, 3.8) is 0 Å². The Morgan fingerprint density at radius 3 is 2.55 bits per heavy atom. The molecule has 0 aliphatic heterocycles. The van der Waals surface area contributed by atoms with Gasteiger partial charge >= 0.3 is 0 Å². The van der Waals surface area contributed by atoms with E-state index in [4.69, 9.17) is 16.3 Å². The van der Waals surface area contributed by atoms with Crippen LogP contribution in [0.15, 0.2) is 73.1 Å². The number of amides is 1. The van der Waals surface area contributed by atoms with Gasteiger partial charge in [0.1, 0.15) is 11.6 Å². The van der Waals surface area contributed by atoms with Gasteiger partial charge in [-0.25, -0.2) is 9.36 Å². The van der Waals surface area contributed by atoms with Gasteiger partial charge in [-0.2, -0.15) is 10.2 Å². The number of carbonyl (C=O) groups is 1. The Bertz CT molecular complexity index is 1120. The first kappa shape index (κ1) is 18.8. The molecule has 0 aliphatic carbocycles. The Balaban J connectivity index is 1.47. The highest BCUT2D eigenvalue weighted by molar-refractivity contribution is 6.30. The summed E-state index contributed by atoms with van der Waals surface area (Å²) in [4.78, 5) is 12.6. The third kappa shape index (κ3) is 4.30. The minimum Gasteiger partial charge on any atom is -0.497 e. The van der Waals surface area contributed by atoms with Crippen LogP contribution in [0, 0.1) is 0 Å². The van der Waals surface area contributed by atoms with E-state index in [0.29, 0.717) is 23.1 Å². The second-order valence-electron chi connectivity index (χ2n) is 6.30. The number of nitrogens with zero attached hydrogens (tertiary/aromatic N) is 4. The van der Waals surface area contributed by atoms with Gasteiger partial charge in [0.25, 0.3) is 5.91 Å². The average Bonchev–Trinajstić information content (AvgIpc) is 3.40. The molecule has 0 aliphatic rings. The fourth-order valence-electron chi connectivity index (χ4n) is 2.83. The van der Waals surface area contributed by atoms with Crippen molar-refractivity contribution in [2.75, 3.05) is 12.4 Å². The van der Waals surface area contributed by atoms with Gasteiger partial charge in [0, 0.05) is 17.3 Å². The molecule has 2 aromatic heterocycles. The molecule has 29 heavy (non-hydrogen) atoms. The quantitative estimate of drug-likeness (QED) is 0.523. The van der Waals surface area contributed by atoms with Gasteiger partial charge in [-0.1, -0.05) is 23.7 Å². The van der Waals surface area contributed by atoms with Crippen molar-refractivity contribution in [2.24, 2.45) is 0 Å². The number of anilines is 1. The Kier molecular flexibility index (Phi) is 5.31. The summed E-state index contributed by atoms with van der Waals surface area (Å²) in [6, 6.07) is 18.3. The Morgan fingerprint density at radius 2 is 1.83 bits per heavy atom. The molecule has 0 saturated heterocycles. The van der Waals surface area contributed by atoms with Gasteiger partial charge in [-0.3, -0.25) is 4.79 Å². The lowest BCUT2D eigenvalue weighted by molar-refractivity contribution is 0.102. The lowest BCUT2D eigenvalue weighted by atomic mass is 10.2. The second-order valence-corrected chi connectivity index (χ2v) is 6.73. The molecular formula is C21H18ClN5O2. The monoisotopic (exact) mass is 407 g/mol. The normalized spacial score (nSPS) is 10.7. The summed E-state index contributed by atoms with van der Waals surface area (Å²) in [5, 5.41) is 12.2. The first-order valence-electron chi connectivity index (χ1n) is 8.90. The molecule has 2 aromatic carbocycles. The van der Waals surface area contributed by atoms with E-state index in [1.807, 2.05) is 48.5 Å². The molecule has 8 heteroatoms. The molecule has 1 amide bonds. The molecule has 0 unspecified atom stereocenters. The molecule has 7 nitrogen and oxygen atoms in total. The Labute approximate surface area is 172 Å². The van der Waals surface area contributed by atoms with Crippen LogP contribution < -0.4 is 10.1 Å². The van der Waals surface area contributed by atoms with E-state index in [0.717, 1.165) is 17.0 Å². The predicted octanol–water partition coefficient (Wildman–Crippen LogP) is 4.03. The van der Waals surface area contributed by atoms with E-state index < -0.39 is 0 Å². The van der Waals surface area contributed by atoms with Gasteiger partial charge in [0.05, 0.1) is 25.5 Å². The molecule has 0 radical (unpaired) electrons. The maximum absolute atomic E-state index is 12.6. The standard InChI is InChI=1S/C21H18ClN5O2/c1-29-18-8-6-17(7-9-18)26-13-11-19(25-26)21(28)24-20-10-12-23-27(20)14-15-2-4-16(22)5-3-15/h2-13H,14H2,1H3,(H,24,28). The Hall–Kier alpha value is -3.58. The summed E-state index contributed by atoms with van der Waals surface area (Å²) in [5.41, 5.74) is 2.16. The van der Waals surface area contributed by atoms with Crippen LogP contribution in [0.3, 0.4) is 0 Å². The minimum atomic E-state index is -0.310. The summed E-state index contributed by atoms with van der Waals surface area (Å²) in [6.45, 7) is 0.514. The highest BCUT2D eigenvalue weighted by atomic mass is 35.5. The lowest BCUT2D eigenvalue weighted by Crippen LogP contribution is -2.17. The van der Waals surface area contributed by atoms with Crippen LogP contribution in [-0.4, -0.2) is 32.6 Å². The maximum atomic E-state index is 12.6. The summed E-state index contributed by atoms with van der Waals surface area (Å²) < 4.78 is 8.51. The van der Waals surface area contributed by atoms with Crippen LogP contribution in [-0.2, 0) is 6.54 Å². The SMILES string of the molecule is COc1ccc(-n2ccc(C(=O)Nc3ccnn3Cc3ccc(Cl)cc3)n2)cc1. The molecule has 0 bridgehead atoms. The van der Waals surface area contributed by atoms with E-state index in [-0.39, 0.29) is 5.91 Å². The molecule has 2 heterocycles. The van der Waals surface area contributed by atoms with E-state index >= 15 is 0 Å². The second kappa shape index (κ2) is 8.20. The molecule has 0 fully saturated rings. The minimum absolute atomic E-state index is 0.306. The van der Waals surface area contributed by atoms with Gasteiger partial charge in [0.15, 0.2) is 5.69 Å². The largest absolute Gasteiger partial charge is 0.497 e. The van der Waals surface area contributed by atoms with Crippen molar-refractivity contribution < 1.29 is 9.53 Å². The zero-order chi connectivity index (χ0) is 20.2. The number of benzene rings is 2. The first-order valence-corrected chi connectivity index (χ1v) is 9.28. The maximum Gasteiger partial charge on any atom is 0.277 e. The number of hydrogen-bond donors (Lipinski definition) is 1. The predicted molar refractivity (Wildman–Crippen MR) is 111 cm³/mol. The number of ether oxygens (including phenoxy) is 1. The van der Waals surface area contributed by atoms with Gasteiger partial charge in [-0.05, 0) is 48.0 Å². The molecule has 1 N–H and O–H groups in total. The summed E-state index contributed by atoms with van der Waals surface area (Å²) >= 11 is 5.93. The van der Waals surface area contributed by atoms with E-state index in [9.17, 15) is 4.79 Å². The number of methoxy groups -OCH3 is 1. The fourth-order valence-corrected chi connectivity index (χ4v) is 2.96. The van der Waals surface area contributed by atoms with Gasteiger partial charge in [-0.15, -0.1) is 0 Å². The van der Waals surface area contributed by atoms with Crippen molar-refractivity contribution in [1.29, 1.82) is 0 Å². The smallest absolute Gasteiger partial charge is 0.277 e. The van der Waals surface area contributed by atoms with Crippen molar-refractivity contribution in [3.05, 3.63) is 89.3 Å². The highest BCUT2D eigenvalue weighted by Gasteiger charge is 2.13. The number of nitrogens with one attached hydrogen (secondary N) is 1. The first-order chi connectivity index (χ1) is 14.1. The highest BCUT2D eigenvalue weighted by Crippen LogP contribution is 2.16. The average molecular weight is 408 g/mol. The van der Waals surface area contributed by atoms with Crippen molar-refractivity contribution in [2.45, 2.75) is 6.54 Å². The van der Waals surface area contributed by atoms with E-state index in [2.05, 4.69) is 15.5 Å². The fraction of sp³-hybridized carbons (Fsp3) is 0.0952. The third-order valence-electron chi connectivity index (χ3n) is 4.36. The topological polar surface area (TPSA) is 74.0 Å². The van der Waals surface area contributed by atoms with Crippen LogP contribution in [0.25, 0.3) is 5.69 Å². The summed E-state index contributed by atoms with van der Waals surface area (Å²) in [6.07, 6.45) is 3.38. The molecule has 0 atom stereocenters. The summed E-state index contributed by atoms with van der Waals surface area (Å²) in [7, 11) is 1.61. The van der Waals surface area contributed by atoms with Crippen molar-refractivity contribution in [1.82, 2.24) is 19.6 Å². The number of hydrogen-bond acceptors (Lipinski definition) is 4. The number of rotatable bonds is 6. The molecule has 0 spiro atoms. The van der Waals surface area contributed by atoms with Crippen LogP contribution in [0.2, 0.25) is 5.02 Å². The van der Waals surface area contributed by atoms with Crippen molar-refractivity contribution >= 4 is 23.3 Å². The van der Waals surface area contributed by atoms with Crippen LogP contribution >= 0.6 is 11.6 Å². The van der Waals surface area contributed by atoms with E-state index in [1.54, 1.807) is 41.0 Å². The lowest BCUT2D eigenvalue weighted by Gasteiger charge is -2.08. The van der Waals surface area contributed by atoms with Crippen molar-refractivity contribution in [3.8, 4) is 11.4 Å². The molecular weight excluding hydrogens is 390 g/mol. The zero-order valence-corrected chi connectivity index (χ0v) is 16.4. The molecule has 4 aromatic rings. The summed E-state index contributed by atoms with van der Waals surface area (Å²) in [5.74, 6) is 1.03. The van der Waals surface area contributed by atoms with Gasteiger partial charge in [0.2, 0.25) is 0 Å². The van der Waals surface area contributed by atoms with Crippen LogP contribution in [0.4, 0.5) is 5.82 Å². The molecule has 146 valence electrons. The third-order valence-corrected chi connectivity index (χ3v) is 4.61. The number of halogens is 1. The number of aromatic nitrogens is 4. The Morgan fingerprint density at radius 1 is 1.07 bits per heavy atom. The van der Waals surface area contributed by atoms with E-state index in [1.165, 1.54) is 0 Å². The molecule has 0 saturated carbocycles. The van der Waals surface area contributed by atoms with Crippen LogP contribution in [0.1, 0.15) is 16.1 Å². The van der Waals surface area contributed by atoms with Crippen LogP contribution in [0.5, 0.6) is 5.75 Å².